The summed E-state index contributed by atoms with van der Waals surface area (Å²) in [6.07, 6.45) is 0.390. The van der Waals surface area contributed by atoms with E-state index >= 15 is 0 Å². The predicted octanol–water partition coefficient (Wildman–Crippen LogP) is 5.25. The number of rotatable bonds is 3. The lowest BCUT2D eigenvalue weighted by molar-refractivity contribution is 0.593. The van der Waals surface area contributed by atoms with Gasteiger partial charge in [0.2, 0.25) is 0 Å². The van der Waals surface area contributed by atoms with E-state index in [-0.39, 0.29) is 11.9 Å². The van der Waals surface area contributed by atoms with Gasteiger partial charge in [0, 0.05) is 20.0 Å². The Morgan fingerprint density at radius 1 is 1.11 bits per heavy atom. The van der Waals surface area contributed by atoms with Crippen LogP contribution < -0.4 is 5.73 Å². The van der Waals surface area contributed by atoms with Gasteiger partial charge in [0.1, 0.15) is 5.82 Å². The van der Waals surface area contributed by atoms with Crippen molar-refractivity contribution in [1.29, 1.82) is 0 Å². The van der Waals surface area contributed by atoms with E-state index in [1.54, 1.807) is 18.2 Å². The number of hydrogen-bond donors (Lipinski definition) is 1. The van der Waals surface area contributed by atoms with Crippen LogP contribution in [0.1, 0.15) is 17.2 Å². The Hall–Kier alpha value is -0.420. The summed E-state index contributed by atoms with van der Waals surface area (Å²) >= 11 is 12.8. The Labute approximate surface area is 133 Å². The van der Waals surface area contributed by atoms with Gasteiger partial charge in [0.05, 0.1) is 0 Å². The Kier molecular flexibility index (Phi) is 5.01. The third kappa shape index (κ3) is 3.78. The van der Waals surface area contributed by atoms with Gasteiger partial charge in [-0.1, -0.05) is 43.5 Å². The van der Waals surface area contributed by atoms with Crippen molar-refractivity contribution in [3.05, 3.63) is 67.3 Å². The summed E-state index contributed by atoms with van der Waals surface area (Å²) in [5.74, 6) is -0.259. The molecule has 2 rings (SSSR count). The van der Waals surface area contributed by atoms with Crippen LogP contribution in [0.5, 0.6) is 0 Å². The quantitative estimate of drug-likeness (QED) is 0.739. The highest BCUT2D eigenvalue weighted by Gasteiger charge is 2.14. The average Bonchev–Trinajstić information content (AvgIpc) is 2.36. The second-order valence-corrected chi connectivity index (χ2v) is 6.45. The zero-order valence-electron chi connectivity index (χ0n) is 9.84. The Morgan fingerprint density at radius 2 is 1.74 bits per heavy atom. The third-order valence-corrected chi connectivity index (χ3v) is 4.14. The van der Waals surface area contributed by atoms with Gasteiger partial charge in [-0.15, -0.1) is 0 Å². The van der Waals surface area contributed by atoms with Crippen molar-refractivity contribution in [1.82, 2.24) is 0 Å². The first-order valence-electron chi connectivity index (χ1n) is 5.62. The lowest BCUT2D eigenvalue weighted by atomic mass is 9.99. The molecule has 1 unspecified atom stereocenters. The summed E-state index contributed by atoms with van der Waals surface area (Å²) < 4.78 is 15.4. The predicted molar refractivity (Wildman–Crippen MR) is 83.9 cm³/mol. The average molecular weight is 408 g/mol. The highest BCUT2D eigenvalue weighted by Crippen LogP contribution is 2.28. The minimum Gasteiger partial charge on any atom is -0.324 e. The SMILES string of the molecule is NC(Cc1cc(Br)ccc1F)c1cc(Br)ccc1Cl. The van der Waals surface area contributed by atoms with Crippen molar-refractivity contribution in [2.75, 3.05) is 0 Å². The van der Waals surface area contributed by atoms with Crippen LogP contribution in [0, 0.1) is 5.82 Å². The Bertz CT molecular complexity index is 604. The van der Waals surface area contributed by atoms with E-state index in [9.17, 15) is 4.39 Å². The summed E-state index contributed by atoms with van der Waals surface area (Å²) in [5.41, 5.74) is 7.50. The molecule has 5 heteroatoms. The van der Waals surface area contributed by atoms with Gasteiger partial charge in [-0.2, -0.15) is 0 Å². The van der Waals surface area contributed by atoms with Crippen LogP contribution in [0.15, 0.2) is 45.3 Å². The number of halogens is 4. The van der Waals surface area contributed by atoms with E-state index in [0.29, 0.717) is 17.0 Å². The molecule has 0 aliphatic rings. The molecule has 2 aromatic rings. The minimum atomic E-state index is -0.353. The maximum absolute atomic E-state index is 13.7. The lowest BCUT2D eigenvalue weighted by Gasteiger charge is -2.15. The summed E-state index contributed by atoms with van der Waals surface area (Å²) in [5, 5.41) is 0.589. The first-order valence-corrected chi connectivity index (χ1v) is 7.58. The molecule has 0 heterocycles. The van der Waals surface area contributed by atoms with Crippen LogP contribution in [-0.4, -0.2) is 0 Å². The van der Waals surface area contributed by atoms with Gasteiger partial charge in [0.25, 0.3) is 0 Å². The van der Waals surface area contributed by atoms with Gasteiger partial charge in [0.15, 0.2) is 0 Å². The van der Waals surface area contributed by atoms with Crippen LogP contribution in [-0.2, 0) is 6.42 Å². The number of hydrogen-bond acceptors (Lipinski definition) is 1. The smallest absolute Gasteiger partial charge is 0.126 e. The maximum atomic E-state index is 13.7. The molecule has 0 amide bonds. The Balaban J connectivity index is 2.27. The van der Waals surface area contributed by atoms with Crippen LogP contribution >= 0.6 is 43.5 Å². The normalized spacial score (nSPS) is 12.5. The molecule has 0 spiro atoms. The van der Waals surface area contributed by atoms with E-state index in [2.05, 4.69) is 31.9 Å². The van der Waals surface area contributed by atoms with Gasteiger partial charge >= 0.3 is 0 Å². The fourth-order valence-corrected chi connectivity index (χ4v) is 2.89. The molecular weight excluding hydrogens is 396 g/mol. The molecule has 0 bridgehead atoms. The van der Waals surface area contributed by atoms with Crippen molar-refractivity contribution < 1.29 is 4.39 Å². The molecule has 1 nitrogen and oxygen atoms in total. The van der Waals surface area contributed by atoms with E-state index in [1.807, 2.05) is 12.1 Å². The highest BCUT2D eigenvalue weighted by atomic mass is 79.9. The molecule has 1 atom stereocenters. The van der Waals surface area contributed by atoms with Gasteiger partial charge in [-0.05, 0) is 53.9 Å². The van der Waals surface area contributed by atoms with E-state index in [1.165, 1.54) is 6.07 Å². The standard InChI is InChI=1S/C14H11Br2ClFN/c15-9-2-4-13(18)8(5-9)6-14(19)11-7-10(16)1-3-12(11)17/h1-5,7,14H,6,19H2. The van der Waals surface area contributed by atoms with Crippen molar-refractivity contribution in [3.63, 3.8) is 0 Å². The first-order chi connectivity index (χ1) is 8.97. The second-order valence-electron chi connectivity index (χ2n) is 4.21. The number of nitrogens with two attached hydrogens (primary N) is 1. The van der Waals surface area contributed by atoms with Gasteiger partial charge in [-0.3, -0.25) is 0 Å². The lowest BCUT2D eigenvalue weighted by Crippen LogP contribution is -2.14. The summed E-state index contributed by atoms with van der Waals surface area (Å²) in [6.45, 7) is 0. The van der Waals surface area contributed by atoms with Crippen molar-refractivity contribution >= 4 is 43.5 Å². The molecule has 0 fully saturated rings. The summed E-state index contributed by atoms with van der Waals surface area (Å²) in [4.78, 5) is 0. The van der Waals surface area contributed by atoms with Crippen LogP contribution in [0.25, 0.3) is 0 Å². The number of benzene rings is 2. The molecule has 0 aliphatic carbocycles. The first kappa shape index (κ1) is 15.0. The largest absolute Gasteiger partial charge is 0.324 e. The maximum Gasteiger partial charge on any atom is 0.126 e. The monoisotopic (exact) mass is 405 g/mol. The summed E-state index contributed by atoms with van der Waals surface area (Å²) in [6, 6.07) is 9.96. The zero-order valence-corrected chi connectivity index (χ0v) is 13.8. The van der Waals surface area contributed by atoms with Crippen molar-refractivity contribution in [2.24, 2.45) is 5.73 Å². The summed E-state index contributed by atoms with van der Waals surface area (Å²) in [7, 11) is 0. The van der Waals surface area contributed by atoms with Gasteiger partial charge < -0.3 is 5.73 Å². The molecule has 19 heavy (non-hydrogen) atoms. The van der Waals surface area contributed by atoms with Crippen LogP contribution in [0.3, 0.4) is 0 Å². The topological polar surface area (TPSA) is 26.0 Å². The van der Waals surface area contributed by atoms with E-state index < -0.39 is 0 Å². The van der Waals surface area contributed by atoms with Crippen LogP contribution in [0.4, 0.5) is 4.39 Å². The van der Waals surface area contributed by atoms with Crippen LogP contribution in [0.2, 0.25) is 5.02 Å². The molecule has 100 valence electrons. The molecule has 2 N–H and O–H groups in total. The van der Waals surface area contributed by atoms with E-state index in [0.717, 1.165) is 14.5 Å². The van der Waals surface area contributed by atoms with Gasteiger partial charge in [-0.25, -0.2) is 4.39 Å². The highest BCUT2D eigenvalue weighted by molar-refractivity contribution is 9.10. The molecule has 0 saturated heterocycles. The Morgan fingerprint density at radius 3 is 2.47 bits per heavy atom. The molecule has 0 aromatic heterocycles. The minimum absolute atomic E-state index is 0.259. The van der Waals surface area contributed by atoms with E-state index in [4.69, 9.17) is 17.3 Å². The zero-order chi connectivity index (χ0) is 14.0. The molecule has 0 saturated carbocycles. The molecule has 0 radical (unpaired) electrons. The third-order valence-electron chi connectivity index (χ3n) is 2.81. The van der Waals surface area contributed by atoms with Crippen molar-refractivity contribution in [2.45, 2.75) is 12.5 Å². The van der Waals surface area contributed by atoms with Crippen molar-refractivity contribution in [3.8, 4) is 0 Å². The molecule has 2 aromatic carbocycles. The molecular formula is C14H11Br2ClFN. The molecule has 0 aliphatic heterocycles. The fraction of sp³-hybridized carbons (Fsp3) is 0.143. The second kappa shape index (κ2) is 6.35. The fourth-order valence-electron chi connectivity index (χ4n) is 1.85.